The van der Waals surface area contributed by atoms with Gasteiger partial charge in [-0.05, 0) is 36.8 Å². The molecule has 4 nitrogen and oxygen atoms in total. The molecule has 0 atom stereocenters. The molecule has 0 bridgehead atoms. The second-order valence-electron chi connectivity index (χ2n) is 4.68. The summed E-state index contributed by atoms with van der Waals surface area (Å²) in [6, 6.07) is 8.99. The summed E-state index contributed by atoms with van der Waals surface area (Å²) in [4.78, 5) is 0. The zero-order valence-corrected chi connectivity index (χ0v) is 11.3. The molecule has 5 heteroatoms. The number of aromatic amines is 1. The number of aromatic nitrogens is 2. The Labute approximate surface area is 116 Å². The van der Waals surface area contributed by atoms with Crippen molar-refractivity contribution in [1.82, 2.24) is 10.2 Å². The molecule has 20 heavy (non-hydrogen) atoms. The van der Waals surface area contributed by atoms with E-state index in [2.05, 4.69) is 20.8 Å². The van der Waals surface area contributed by atoms with Gasteiger partial charge < -0.3 is 10.6 Å². The van der Waals surface area contributed by atoms with Gasteiger partial charge in [0.05, 0.1) is 28.8 Å². The summed E-state index contributed by atoms with van der Waals surface area (Å²) in [5, 5.41) is 14.1. The van der Waals surface area contributed by atoms with Crippen molar-refractivity contribution in [2.24, 2.45) is 0 Å². The van der Waals surface area contributed by atoms with Crippen LogP contribution >= 0.6 is 0 Å². The molecule has 0 unspecified atom stereocenters. The van der Waals surface area contributed by atoms with Crippen LogP contribution in [0.1, 0.15) is 5.56 Å². The van der Waals surface area contributed by atoms with Crippen LogP contribution in [-0.4, -0.2) is 17.2 Å². The van der Waals surface area contributed by atoms with E-state index in [4.69, 9.17) is 0 Å². The maximum atomic E-state index is 14.0. The smallest absolute Gasteiger partial charge is 0.146 e. The van der Waals surface area contributed by atoms with Crippen molar-refractivity contribution < 1.29 is 4.39 Å². The zero-order chi connectivity index (χ0) is 14.1. The lowest BCUT2D eigenvalue weighted by atomic mass is 10.1. The van der Waals surface area contributed by atoms with Gasteiger partial charge in [-0.2, -0.15) is 5.10 Å². The van der Waals surface area contributed by atoms with E-state index in [1.165, 1.54) is 6.07 Å². The molecule has 0 spiro atoms. The van der Waals surface area contributed by atoms with Gasteiger partial charge in [0.1, 0.15) is 5.82 Å². The van der Waals surface area contributed by atoms with E-state index in [-0.39, 0.29) is 5.82 Å². The molecule has 3 aromatic rings. The minimum Gasteiger partial charge on any atom is -0.386 e. The van der Waals surface area contributed by atoms with E-state index in [0.717, 1.165) is 27.8 Å². The number of rotatable bonds is 3. The van der Waals surface area contributed by atoms with E-state index >= 15 is 0 Å². The molecule has 1 heterocycles. The van der Waals surface area contributed by atoms with Crippen molar-refractivity contribution in [2.45, 2.75) is 6.92 Å². The molecule has 0 amide bonds. The Hall–Kier alpha value is -2.56. The number of nitrogens with zero attached hydrogens (tertiary/aromatic N) is 1. The molecular weight excluding hydrogens is 255 g/mol. The van der Waals surface area contributed by atoms with Gasteiger partial charge >= 0.3 is 0 Å². The monoisotopic (exact) mass is 270 g/mol. The van der Waals surface area contributed by atoms with E-state index in [1.54, 1.807) is 12.3 Å². The molecule has 0 aliphatic carbocycles. The summed E-state index contributed by atoms with van der Waals surface area (Å²) in [7, 11) is 1.83. The van der Waals surface area contributed by atoms with Gasteiger partial charge in [0, 0.05) is 12.4 Å². The van der Waals surface area contributed by atoms with Crippen molar-refractivity contribution in [3.05, 3.63) is 47.9 Å². The largest absolute Gasteiger partial charge is 0.386 e. The molecule has 0 radical (unpaired) electrons. The third kappa shape index (κ3) is 2.07. The maximum Gasteiger partial charge on any atom is 0.146 e. The number of H-pyrrole nitrogens is 1. The van der Waals surface area contributed by atoms with Crippen LogP contribution in [-0.2, 0) is 0 Å². The molecule has 2 aromatic carbocycles. The minimum atomic E-state index is -0.271. The predicted molar refractivity (Wildman–Crippen MR) is 80.1 cm³/mol. The number of halogens is 1. The first-order chi connectivity index (χ1) is 9.69. The van der Waals surface area contributed by atoms with Gasteiger partial charge in [0.25, 0.3) is 0 Å². The second-order valence-corrected chi connectivity index (χ2v) is 4.68. The highest BCUT2D eigenvalue weighted by molar-refractivity contribution is 5.99. The molecule has 0 saturated heterocycles. The number of fused-ring (bicyclic) bond motifs is 1. The number of aryl methyl sites for hydroxylation is 1. The van der Waals surface area contributed by atoms with Gasteiger partial charge in [-0.1, -0.05) is 6.07 Å². The van der Waals surface area contributed by atoms with Crippen LogP contribution in [0.2, 0.25) is 0 Å². The molecule has 3 N–H and O–H groups in total. The van der Waals surface area contributed by atoms with Crippen LogP contribution in [0.3, 0.4) is 0 Å². The summed E-state index contributed by atoms with van der Waals surface area (Å²) >= 11 is 0. The van der Waals surface area contributed by atoms with E-state index in [0.29, 0.717) is 5.69 Å². The maximum absolute atomic E-state index is 14.0. The molecule has 3 rings (SSSR count). The first-order valence-electron chi connectivity index (χ1n) is 6.36. The Morgan fingerprint density at radius 1 is 1.15 bits per heavy atom. The Bertz CT molecular complexity index is 764. The number of hydrogen-bond donors (Lipinski definition) is 3. The third-order valence-corrected chi connectivity index (χ3v) is 3.28. The summed E-state index contributed by atoms with van der Waals surface area (Å²) < 4.78 is 14.0. The molecule has 102 valence electrons. The normalized spacial score (nSPS) is 10.8. The van der Waals surface area contributed by atoms with Crippen LogP contribution in [0.5, 0.6) is 0 Å². The Morgan fingerprint density at radius 3 is 2.70 bits per heavy atom. The standard InChI is InChI=1S/C15H15FN4/c1-9-3-4-13(11(16)7-9)19-15-10-8-18-20-12(10)5-6-14(15)17-2/h3-8,17,19H,1-2H3,(H,18,20). The fourth-order valence-electron chi connectivity index (χ4n) is 2.22. The first-order valence-corrected chi connectivity index (χ1v) is 6.36. The number of hydrogen-bond acceptors (Lipinski definition) is 3. The quantitative estimate of drug-likeness (QED) is 0.678. The third-order valence-electron chi connectivity index (χ3n) is 3.28. The summed E-state index contributed by atoms with van der Waals surface area (Å²) in [6.07, 6.45) is 1.73. The number of nitrogens with one attached hydrogen (secondary N) is 3. The van der Waals surface area contributed by atoms with Crippen LogP contribution in [0.15, 0.2) is 36.5 Å². The van der Waals surface area contributed by atoms with E-state index < -0.39 is 0 Å². The highest BCUT2D eigenvalue weighted by atomic mass is 19.1. The lowest BCUT2D eigenvalue weighted by molar-refractivity contribution is 0.631. The fraction of sp³-hybridized carbons (Fsp3) is 0.133. The Morgan fingerprint density at radius 2 is 1.95 bits per heavy atom. The molecule has 0 aliphatic rings. The lowest BCUT2D eigenvalue weighted by Gasteiger charge is -2.13. The van der Waals surface area contributed by atoms with Crippen LogP contribution in [0.4, 0.5) is 21.5 Å². The average Bonchev–Trinajstić information content (AvgIpc) is 2.90. The minimum absolute atomic E-state index is 0.271. The zero-order valence-electron chi connectivity index (χ0n) is 11.3. The highest BCUT2D eigenvalue weighted by Crippen LogP contribution is 2.33. The van der Waals surface area contributed by atoms with Gasteiger partial charge in [-0.15, -0.1) is 0 Å². The van der Waals surface area contributed by atoms with Crippen LogP contribution in [0, 0.1) is 12.7 Å². The van der Waals surface area contributed by atoms with Gasteiger partial charge in [-0.3, -0.25) is 5.10 Å². The average molecular weight is 270 g/mol. The number of benzene rings is 2. The SMILES string of the molecule is CNc1ccc2[nH]ncc2c1Nc1ccc(C)cc1F. The van der Waals surface area contributed by atoms with Crippen LogP contribution < -0.4 is 10.6 Å². The lowest BCUT2D eigenvalue weighted by Crippen LogP contribution is -1.99. The van der Waals surface area contributed by atoms with Crippen molar-refractivity contribution in [2.75, 3.05) is 17.7 Å². The summed E-state index contributed by atoms with van der Waals surface area (Å²) in [5.74, 6) is -0.271. The van der Waals surface area contributed by atoms with Crippen molar-refractivity contribution in [3.8, 4) is 0 Å². The molecule has 0 aliphatic heterocycles. The molecule has 0 saturated carbocycles. The topological polar surface area (TPSA) is 52.7 Å². The first kappa shape index (κ1) is 12.5. The summed E-state index contributed by atoms with van der Waals surface area (Å²) in [6.45, 7) is 1.86. The predicted octanol–water partition coefficient (Wildman–Crippen LogP) is 3.80. The summed E-state index contributed by atoms with van der Waals surface area (Å²) in [5.41, 5.74) is 3.93. The number of anilines is 3. The van der Waals surface area contributed by atoms with Crippen LogP contribution in [0.25, 0.3) is 10.9 Å². The molecule has 0 fully saturated rings. The van der Waals surface area contributed by atoms with Gasteiger partial charge in [0.2, 0.25) is 0 Å². The van der Waals surface area contributed by atoms with Crippen molar-refractivity contribution in [1.29, 1.82) is 0 Å². The molecule has 1 aromatic heterocycles. The van der Waals surface area contributed by atoms with Gasteiger partial charge in [-0.25, -0.2) is 4.39 Å². The van der Waals surface area contributed by atoms with E-state index in [9.17, 15) is 4.39 Å². The van der Waals surface area contributed by atoms with E-state index in [1.807, 2.05) is 32.2 Å². The van der Waals surface area contributed by atoms with Crippen molar-refractivity contribution in [3.63, 3.8) is 0 Å². The second kappa shape index (κ2) is 4.85. The Kier molecular flexibility index (Phi) is 3.02. The molecular formula is C15H15FN4. The van der Waals surface area contributed by atoms with Crippen molar-refractivity contribution >= 4 is 28.0 Å². The fourth-order valence-corrected chi connectivity index (χ4v) is 2.22. The Balaban J connectivity index is 2.11. The van der Waals surface area contributed by atoms with Gasteiger partial charge in [0.15, 0.2) is 0 Å². The highest BCUT2D eigenvalue weighted by Gasteiger charge is 2.11.